The molecule has 0 bridgehead atoms. The lowest BCUT2D eigenvalue weighted by atomic mass is 9.76. The lowest BCUT2D eigenvalue weighted by Gasteiger charge is -2.38. The molecule has 2 rings (SSSR count). The molecule has 1 saturated heterocycles. The highest BCUT2D eigenvalue weighted by molar-refractivity contribution is 6.30. The molecular weight excluding hydrogens is 332 g/mol. The van der Waals surface area contributed by atoms with E-state index in [0.29, 0.717) is 0 Å². The first kappa shape index (κ1) is 20.7. The van der Waals surface area contributed by atoms with Crippen LogP contribution in [-0.2, 0) is 10.2 Å². The highest BCUT2D eigenvalue weighted by Crippen LogP contribution is 2.33. The maximum absolute atomic E-state index is 6.12. The zero-order valence-corrected chi connectivity index (χ0v) is 17.4. The van der Waals surface area contributed by atoms with Crippen LogP contribution in [0.4, 0.5) is 0 Å². The third-order valence-electron chi connectivity index (χ3n) is 5.77. The molecule has 1 aliphatic heterocycles. The summed E-state index contributed by atoms with van der Waals surface area (Å²) in [5, 5.41) is 0.811. The molecule has 0 saturated carbocycles. The Bertz CT molecular complexity index is 520. The Morgan fingerprint density at radius 2 is 1.64 bits per heavy atom. The molecule has 4 heteroatoms. The molecule has 1 fully saturated rings. The second-order valence-electron chi connectivity index (χ2n) is 8.61. The summed E-state index contributed by atoms with van der Waals surface area (Å²) in [4.78, 5) is 4.99. The van der Waals surface area contributed by atoms with Crippen LogP contribution in [0.2, 0.25) is 5.02 Å². The fourth-order valence-electron chi connectivity index (χ4n) is 3.25. The van der Waals surface area contributed by atoms with E-state index in [1.165, 1.54) is 5.56 Å². The zero-order chi connectivity index (χ0) is 18.5. The fourth-order valence-corrected chi connectivity index (χ4v) is 3.37. The van der Waals surface area contributed by atoms with Crippen molar-refractivity contribution in [3.8, 4) is 0 Å². The molecule has 0 N–H and O–H groups in total. The Morgan fingerprint density at radius 1 is 1.04 bits per heavy atom. The number of hydrogen-bond donors (Lipinski definition) is 0. The van der Waals surface area contributed by atoms with E-state index in [0.717, 1.165) is 57.3 Å². The van der Waals surface area contributed by atoms with Crippen molar-refractivity contribution in [3.05, 3.63) is 34.9 Å². The van der Waals surface area contributed by atoms with E-state index in [1.54, 1.807) is 0 Å². The molecule has 0 aromatic heterocycles. The van der Waals surface area contributed by atoms with Crippen molar-refractivity contribution in [2.45, 2.75) is 51.5 Å². The predicted molar refractivity (Wildman–Crippen MR) is 108 cm³/mol. The van der Waals surface area contributed by atoms with Gasteiger partial charge in [-0.1, -0.05) is 30.7 Å². The first-order valence-electron chi connectivity index (χ1n) is 9.48. The molecule has 1 aromatic rings. The van der Waals surface area contributed by atoms with Gasteiger partial charge in [0.25, 0.3) is 0 Å². The molecule has 0 spiro atoms. The summed E-state index contributed by atoms with van der Waals surface area (Å²) in [5.74, 6) is 0. The fraction of sp³-hybridized carbons (Fsp3) is 0.714. The maximum atomic E-state index is 6.12. The third-order valence-corrected chi connectivity index (χ3v) is 6.02. The average Bonchev–Trinajstić information content (AvgIpc) is 2.58. The zero-order valence-electron chi connectivity index (χ0n) is 16.6. The average molecular weight is 367 g/mol. The van der Waals surface area contributed by atoms with Crippen LogP contribution in [0.25, 0.3) is 0 Å². The Kier molecular flexibility index (Phi) is 7.33. The van der Waals surface area contributed by atoms with Crippen molar-refractivity contribution in [1.29, 1.82) is 0 Å². The van der Waals surface area contributed by atoms with Gasteiger partial charge in [-0.05, 0) is 76.9 Å². The summed E-state index contributed by atoms with van der Waals surface area (Å²) in [6.45, 7) is 15.3. The summed E-state index contributed by atoms with van der Waals surface area (Å²) in [7, 11) is 2.23. The van der Waals surface area contributed by atoms with Crippen LogP contribution in [0.1, 0.15) is 46.1 Å². The summed E-state index contributed by atoms with van der Waals surface area (Å²) < 4.78 is 5.48. The summed E-state index contributed by atoms with van der Waals surface area (Å²) >= 11 is 6.12. The number of halogens is 1. The Hall–Kier alpha value is -0.610. The standard InChI is InChI=1S/C21H35ClN2O/c1-20(2,3)23(5)12-10-21(4,18-6-8-19(22)9-7-18)11-13-24-14-16-25-17-15-24/h6-9H,10-17H2,1-5H3. The van der Waals surface area contributed by atoms with Crippen LogP contribution >= 0.6 is 11.6 Å². The molecule has 1 aromatic carbocycles. The molecule has 1 atom stereocenters. The van der Waals surface area contributed by atoms with E-state index < -0.39 is 0 Å². The van der Waals surface area contributed by atoms with Crippen molar-refractivity contribution in [3.63, 3.8) is 0 Å². The molecule has 1 unspecified atom stereocenters. The lowest BCUT2D eigenvalue weighted by Crippen LogP contribution is -2.42. The number of benzene rings is 1. The quantitative estimate of drug-likeness (QED) is 0.709. The van der Waals surface area contributed by atoms with E-state index in [2.05, 4.69) is 56.7 Å². The normalized spacial score (nSPS) is 19.2. The number of rotatable bonds is 7. The van der Waals surface area contributed by atoms with Crippen LogP contribution in [-0.4, -0.2) is 61.8 Å². The molecule has 0 radical (unpaired) electrons. The molecule has 1 aliphatic rings. The second-order valence-corrected chi connectivity index (χ2v) is 9.05. The minimum absolute atomic E-state index is 0.155. The SMILES string of the molecule is CN(CCC(C)(CCN1CCOCC1)c1ccc(Cl)cc1)C(C)(C)C. The maximum Gasteiger partial charge on any atom is 0.0594 e. The second kappa shape index (κ2) is 8.85. The van der Waals surface area contributed by atoms with Crippen LogP contribution < -0.4 is 0 Å². The Balaban J connectivity index is 2.07. The molecule has 142 valence electrons. The molecule has 25 heavy (non-hydrogen) atoms. The van der Waals surface area contributed by atoms with Crippen molar-refractivity contribution >= 4 is 11.6 Å². The monoisotopic (exact) mass is 366 g/mol. The highest BCUT2D eigenvalue weighted by Gasteiger charge is 2.29. The third kappa shape index (κ3) is 6.25. The van der Waals surface area contributed by atoms with Crippen molar-refractivity contribution in [1.82, 2.24) is 9.80 Å². The largest absolute Gasteiger partial charge is 0.379 e. The number of morpholine rings is 1. The van der Waals surface area contributed by atoms with E-state index in [4.69, 9.17) is 16.3 Å². The van der Waals surface area contributed by atoms with E-state index >= 15 is 0 Å². The van der Waals surface area contributed by atoms with E-state index in [1.807, 2.05) is 12.1 Å². The van der Waals surface area contributed by atoms with Crippen LogP contribution in [0, 0.1) is 0 Å². The van der Waals surface area contributed by atoms with Crippen LogP contribution in [0.15, 0.2) is 24.3 Å². The molecule has 3 nitrogen and oxygen atoms in total. The van der Waals surface area contributed by atoms with Crippen molar-refractivity contribution in [2.24, 2.45) is 0 Å². The van der Waals surface area contributed by atoms with Crippen molar-refractivity contribution < 1.29 is 4.74 Å². The van der Waals surface area contributed by atoms with Gasteiger partial charge in [0.15, 0.2) is 0 Å². The lowest BCUT2D eigenvalue weighted by molar-refractivity contribution is 0.0339. The smallest absolute Gasteiger partial charge is 0.0594 e. The summed E-state index contributed by atoms with van der Waals surface area (Å²) in [6.07, 6.45) is 2.30. The number of ether oxygens (including phenoxy) is 1. The topological polar surface area (TPSA) is 15.7 Å². The molecule has 0 amide bonds. The van der Waals surface area contributed by atoms with Gasteiger partial charge in [-0.2, -0.15) is 0 Å². The molecular formula is C21H35ClN2O. The first-order chi connectivity index (χ1) is 11.7. The Labute approximate surface area is 159 Å². The molecule has 0 aliphatic carbocycles. The van der Waals surface area contributed by atoms with Gasteiger partial charge in [-0.25, -0.2) is 0 Å². The summed E-state index contributed by atoms with van der Waals surface area (Å²) in [6, 6.07) is 8.46. The Morgan fingerprint density at radius 3 is 2.20 bits per heavy atom. The van der Waals surface area contributed by atoms with Gasteiger partial charge >= 0.3 is 0 Å². The van der Waals surface area contributed by atoms with E-state index in [-0.39, 0.29) is 11.0 Å². The van der Waals surface area contributed by atoms with E-state index in [9.17, 15) is 0 Å². The number of nitrogens with zero attached hydrogens (tertiary/aromatic N) is 2. The minimum atomic E-state index is 0.155. The molecule has 1 heterocycles. The van der Waals surface area contributed by atoms with Gasteiger partial charge in [0.2, 0.25) is 0 Å². The van der Waals surface area contributed by atoms with Gasteiger partial charge in [-0.15, -0.1) is 0 Å². The predicted octanol–water partition coefficient (Wildman–Crippen LogP) is 4.44. The first-order valence-corrected chi connectivity index (χ1v) is 9.86. The van der Waals surface area contributed by atoms with Crippen LogP contribution in [0.3, 0.4) is 0 Å². The summed E-state index contributed by atoms with van der Waals surface area (Å²) in [5.41, 5.74) is 1.75. The van der Waals surface area contributed by atoms with Crippen molar-refractivity contribution in [2.75, 3.05) is 46.4 Å². The van der Waals surface area contributed by atoms with Gasteiger partial charge in [0, 0.05) is 23.7 Å². The van der Waals surface area contributed by atoms with Gasteiger partial charge in [-0.3, -0.25) is 4.90 Å². The van der Waals surface area contributed by atoms with Gasteiger partial charge in [0.1, 0.15) is 0 Å². The van der Waals surface area contributed by atoms with Crippen LogP contribution in [0.5, 0.6) is 0 Å². The number of hydrogen-bond acceptors (Lipinski definition) is 3. The van der Waals surface area contributed by atoms with Gasteiger partial charge < -0.3 is 9.64 Å². The van der Waals surface area contributed by atoms with Gasteiger partial charge in [0.05, 0.1) is 13.2 Å². The minimum Gasteiger partial charge on any atom is -0.379 e. The highest BCUT2D eigenvalue weighted by atomic mass is 35.5.